The van der Waals surface area contributed by atoms with Gasteiger partial charge in [0.05, 0.1) is 6.61 Å². The Morgan fingerprint density at radius 2 is 1.88 bits per heavy atom. The van der Waals surface area contributed by atoms with Crippen molar-refractivity contribution in [2.45, 2.75) is 51.9 Å². The molecule has 0 aliphatic rings. The summed E-state index contributed by atoms with van der Waals surface area (Å²) in [6, 6.07) is 0.989. The van der Waals surface area contributed by atoms with Crippen LogP contribution in [0.3, 0.4) is 0 Å². The van der Waals surface area contributed by atoms with Crippen molar-refractivity contribution in [3.8, 4) is 0 Å². The van der Waals surface area contributed by atoms with E-state index in [1.165, 1.54) is 0 Å². The number of hydrogen-bond acceptors (Lipinski definition) is 3. The van der Waals surface area contributed by atoms with Crippen molar-refractivity contribution in [3.05, 3.63) is 12.7 Å². The highest BCUT2D eigenvalue weighted by molar-refractivity contribution is 6.27. The molecule has 0 amide bonds. The summed E-state index contributed by atoms with van der Waals surface area (Å²) in [7, 11) is -0.533. The quantitative estimate of drug-likeness (QED) is 0.220. The van der Waals surface area contributed by atoms with E-state index in [-0.39, 0.29) is 6.29 Å². The summed E-state index contributed by atoms with van der Waals surface area (Å²) in [6.07, 6.45) is 6.24. The molecule has 3 nitrogen and oxygen atoms in total. The topological polar surface area (TPSA) is 27.7 Å². The summed E-state index contributed by atoms with van der Waals surface area (Å²) < 4.78 is 16.9. The summed E-state index contributed by atoms with van der Waals surface area (Å²) in [5.41, 5.74) is 0. The molecule has 0 radical (unpaired) electrons. The predicted octanol–water partition coefficient (Wildman–Crippen LogP) is 2.65. The molecule has 0 bridgehead atoms. The van der Waals surface area contributed by atoms with E-state index >= 15 is 0 Å². The first kappa shape index (κ1) is 16.8. The fraction of sp³-hybridized carbons (Fsp3) is 0.846. The Morgan fingerprint density at radius 1 is 1.18 bits per heavy atom. The van der Waals surface area contributed by atoms with Crippen molar-refractivity contribution in [1.82, 2.24) is 0 Å². The van der Waals surface area contributed by atoms with Gasteiger partial charge in [-0.3, -0.25) is 0 Å². The molecule has 17 heavy (non-hydrogen) atoms. The molecule has 0 aromatic rings. The van der Waals surface area contributed by atoms with Gasteiger partial charge in [0.2, 0.25) is 0 Å². The van der Waals surface area contributed by atoms with Crippen LogP contribution >= 0.6 is 0 Å². The minimum absolute atomic E-state index is 0.162. The second-order valence-electron chi connectivity index (χ2n) is 4.03. The van der Waals surface area contributed by atoms with Crippen LogP contribution in [0.25, 0.3) is 0 Å². The molecule has 0 aliphatic carbocycles. The van der Waals surface area contributed by atoms with Gasteiger partial charge in [0.25, 0.3) is 0 Å². The van der Waals surface area contributed by atoms with E-state index < -0.39 is 9.76 Å². The molecule has 0 N–H and O–H groups in total. The Balaban J connectivity index is 3.63. The van der Waals surface area contributed by atoms with E-state index in [4.69, 9.17) is 13.9 Å². The van der Waals surface area contributed by atoms with Gasteiger partial charge in [0.1, 0.15) is 0 Å². The molecule has 1 unspecified atom stereocenters. The van der Waals surface area contributed by atoms with Gasteiger partial charge in [0, 0.05) is 13.2 Å². The van der Waals surface area contributed by atoms with E-state index in [9.17, 15) is 0 Å². The molecule has 1 atom stereocenters. The maximum absolute atomic E-state index is 5.73. The van der Waals surface area contributed by atoms with Crippen LogP contribution in [0.5, 0.6) is 0 Å². The van der Waals surface area contributed by atoms with E-state index in [2.05, 4.69) is 20.4 Å². The van der Waals surface area contributed by atoms with Gasteiger partial charge in [-0.25, -0.2) is 0 Å². The minimum atomic E-state index is -0.533. The third-order valence-corrected chi connectivity index (χ3v) is 3.57. The number of rotatable bonds is 13. The molecule has 0 saturated carbocycles. The largest absolute Gasteiger partial charge is 0.398 e. The van der Waals surface area contributed by atoms with Crippen LogP contribution in [0, 0.1) is 0 Å². The highest BCUT2D eigenvalue weighted by Crippen LogP contribution is 2.01. The van der Waals surface area contributed by atoms with Crippen LogP contribution < -0.4 is 0 Å². The third kappa shape index (κ3) is 12.1. The van der Waals surface area contributed by atoms with Crippen LogP contribution in [0.1, 0.15) is 39.5 Å². The first-order valence-electron chi connectivity index (χ1n) is 6.77. The van der Waals surface area contributed by atoms with Gasteiger partial charge in [-0.05, 0) is 18.9 Å². The number of unbranched alkanes of at least 4 members (excludes halogenated alkanes) is 2. The molecule has 4 heteroatoms. The second-order valence-corrected chi connectivity index (χ2v) is 5.35. The average molecular weight is 260 g/mol. The van der Waals surface area contributed by atoms with Gasteiger partial charge < -0.3 is 13.9 Å². The number of ether oxygens (including phenoxy) is 2. The lowest BCUT2D eigenvalue weighted by Crippen LogP contribution is -2.25. The average Bonchev–Trinajstić information content (AvgIpc) is 2.34. The maximum atomic E-state index is 5.73. The monoisotopic (exact) mass is 260 g/mol. The zero-order valence-electron chi connectivity index (χ0n) is 11.5. The van der Waals surface area contributed by atoms with Crippen LogP contribution in [0.15, 0.2) is 12.7 Å². The third-order valence-electron chi connectivity index (χ3n) is 2.32. The van der Waals surface area contributed by atoms with E-state index in [1.54, 1.807) is 0 Å². The Hall–Kier alpha value is -0.163. The smallest absolute Gasteiger partial charge is 0.171 e. The lowest BCUT2D eigenvalue weighted by atomic mass is 10.4. The van der Waals surface area contributed by atoms with Gasteiger partial charge in [0.15, 0.2) is 16.1 Å². The molecule has 0 fully saturated rings. The summed E-state index contributed by atoms with van der Waals surface area (Å²) in [5.74, 6) is 0. The minimum Gasteiger partial charge on any atom is -0.398 e. The zero-order chi connectivity index (χ0) is 12.8. The standard InChI is InChI=1S/C13H28O3Si/c1-4-7-9-14-12-13(15-10-8-5-2)16-17-11-6-3/h6,13H,3-5,7-12,17H2,1-2H3. The molecule has 0 rings (SSSR count). The van der Waals surface area contributed by atoms with E-state index in [0.29, 0.717) is 6.61 Å². The zero-order valence-corrected chi connectivity index (χ0v) is 12.9. The fourth-order valence-corrected chi connectivity index (χ4v) is 1.97. The van der Waals surface area contributed by atoms with Crippen LogP contribution in [-0.4, -0.2) is 35.9 Å². The van der Waals surface area contributed by atoms with E-state index in [1.807, 2.05) is 6.08 Å². The maximum Gasteiger partial charge on any atom is 0.171 e. The van der Waals surface area contributed by atoms with Crippen LogP contribution in [0.2, 0.25) is 6.04 Å². The highest BCUT2D eigenvalue weighted by Gasteiger charge is 2.08. The van der Waals surface area contributed by atoms with Crippen LogP contribution in [-0.2, 0) is 13.9 Å². The number of hydrogen-bond donors (Lipinski definition) is 0. The molecule has 0 heterocycles. The van der Waals surface area contributed by atoms with E-state index in [0.717, 1.165) is 44.9 Å². The van der Waals surface area contributed by atoms with Crippen molar-refractivity contribution in [2.24, 2.45) is 0 Å². The summed E-state index contributed by atoms with van der Waals surface area (Å²) >= 11 is 0. The number of allylic oxidation sites excluding steroid dienone is 1. The van der Waals surface area contributed by atoms with Gasteiger partial charge >= 0.3 is 0 Å². The fourth-order valence-electron chi connectivity index (χ4n) is 1.21. The Bertz CT molecular complexity index is 165. The molecule has 0 spiro atoms. The molecule has 0 aromatic carbocycles. The van der Waals surface area contributed by atoms with Gasteiger partial charge in [-0.2, -0.15) is 0 Å². The highest BCUT2D eigenvalue weighted by atomic mass is 28.2. The Kier molecular flexibility index (Phi) is 13.8. The molecule has 0 aliphatic heterocycles. The van der Waals surface area contributed by atoms with Crippen molar-refractivity contribution in [1.29, 1.82) is 0 Å². The molecule has 0 aromatic heterocycles. The Labute approximate surface area is 108 Å². The van der Waals surface area contributed by atoms with Crippen molar-refractivity contribution in [2.75, 3.05) is 19.8 Å². The summed E-state index contributed by atoms with van der Waals surface area (Å²) in [5, 5.41) is 0. The lowest BCUT2D eigenvalue weighted by Gasteiger charge is -2.18. The van der Waals surface area contributed by atoms with Crippen LogP contribution in [0.4, 0.5) is 0 Å². The SMILES string of the molecule is C=CC[SiH2]OC(COCCCC)OCCCC. The van der Waals surface area contributed by atoms with Crippen molar-refractivity contribution < 1.29 is 13.9 Å². The summed E-state index contributed by atoms with van der Waals surface area (Å²) in [4.78, 5) is 0. The molecular weight excluding hydrogens is 232 g/mol. The predicted molar refractivity (Wildman–Crippen MR) is 75.0 cm³/mol. The Morgan fingerprint density at radius 3 is 2.53 bits per heavy atom. The lowest BCUT2D eigenvalue weighted by molar-refractivity contribution is -0.122. The first-order chi connectivity index (χ1) is 8.35. The summed E-state index contributed by atoms with van der Waals surface area (Å²) in [6.45, 7) is 10.1. The molecule has 0 saturated heterocycles. The normalized spacial score (nSPS) is 13.3. The van der Waals surface area contributed by atoms with Crippen molar-refractivity contribution >= 4 is 9.76 Å². The van der Waals surface area contributed by atoms with Gasteiger partial charge in [-0.15, -0.1) is 6.58 Å². The second kappa shape index (κ2) is 13.9. The molecule has 102 valence electrons. The first-order valence-corrected chi connectivity index (χ1v) is 8.34. The van der Waals surface area contributed by atoms with Crippen molar-refractivity contribution in [3.63, 3.8) is 0 Å². The van der Waals surface area contributed by atoms with Gasteiger partial charge in [-0.1, -0.05) is 32.8 Å². The molecular formula is C13H28O3Si.